The fraction of sp³-hybridized carbons (Fsp3) is 0.500. The second-order valence-electron chi connectivity index (χ2n) is 7.74. The Kier molecular flexibility index (Phi) is 6.45. The second kappa shape index (κ2) is 8.66. The summed E-state index contributed by atoms with van der Waals surface area (Å²) >= 11 is 7.77. The van der Waals surface area contributed by atoms with Gasteiger partial charge < -0.3 is 9.47 Å². The fourth-order valence-corrected chi connectivity index (χ4v) is 4.12. The molecule has 0 N–H and O–H groups in total. The molecule has 0 bridgehead atoms. The first-order valence-corrected chi connectivity index (χ1v) is 10.5. The van der Waals surface area contributed by atoms with Gasteiger partial charge in [-0.15, -0.1) is 0 Å². The Morgan fingerprint density at radius 2 is 2.04 bits per heavy atom. The minimum Gasteiger partial charge on any atom is -0.440 e. The highest BCUT2D eigenvalue weighted by atomic mass is 35.5. The lowest BCUT2D eigenvalue weighted by Gasteiger charge is -2.17. The molecule has 6 nitrogen and oxygen atoms in total. The van der Waals surface area contributed by atoms with Crippen LogP contribution in [0.5, 0.6) is 5.88 Å². The molecule has 0 saturated carbocycles. The molecule has 3 rings (SSSR count). The smallest absolute Gasteiger partial charge is 0.314 e. The van der Waals surface area contributed by atoms with Crippen molar-refractivity contribution in [3.63, 3.8) is 0 Å². The number of pyridine rings is 1. The maximum absolute atomic E-state index is 11.9. The molecule has 2 heterocycles. The van der Waals surface area contributed by atoms with Gasteiger partial charge in [-0.25, -0.2) is 4.98 Å². The van der Waals surface area contributed by atoms with E-state index in [2.05, 4.69) is 15.0 Å². The van der Waals surface area contributed by atoms with Crippen LogP contribution in [0, 0.1) is 12.3 Å². The van der Waals surface area contributed by atoms with Crippen LogP contribution in [0.15, 0.2) is 17.6 Å². The van der Waals surface area contributed by atoms with Crippen LogP contribution < -0.4 is 4.74 Å². The molecule has 2 aromatic heterocycles. The molecule has 28 heavy (non-hydrogen) atoms. The lowest BCUT2D eigenvalue weighted by molar-refractivity contribution is -0.159. The van der Waals surface area contributed by atoms with Crippen LogP contribution in [0.2, 0.25) is 5.02 Å². The van der Waals surface area contributed by atoms with Gasteiger partial charge in [0.15, 0.2) is 5.16 Å². The van der Waals surface area contributed by atoms with Crippen LogP contribution in [0.4, 0.5) is 0 Å². The van der Waals surface area contributed by atoms with Crippen LogP contribution >= 0.6 is 23.4 Å². The van der Waals surface area contributed by atoms with Crippen molar-refractivity contribution in [3.8, 4) is 5.88 Å². The van der Waals surface area contributed by atoms with Gasteiger partial charge in [0.25, 0.3) is 0 Å². The van der Waals surface area contributed by atoms with Crippen molar-refractivity contribution in [1.82, 2.24) is 15.0 Å². The monoisotopic (exact) mass is 421 g/mol. The maximum Gasteiger partial charge on any atom is 0.314 e. The van der Waals surface area contributed by atoms with Crippen molar-refractivity contribution in [1.29, 1.82) is 0 Å². The van der Waals surface area contributed by atoms with E-state index in [1.807, 2.05) is 6.92 Å². The highest BCUT2D eigenvalue weighted by Crippen LogP contribution is 2.32. The summed E-state index contributed by atoms with van der Waals surface area (Å²) in [6, 6.07) is 0. The van der Waals surface area contributed by atoms with Crippen LogP contribution in [-0.4, -0.2) is 27.7 Å². The van der Waals surface area contributed by atoms with Crippen molar-refractivity contribution in [2.24, 2.45) is 5.41 Å². The molecule has 1 aliphatic carbocycles. The Labute approximate surface area is 174 Å². The van der Waals surface area contributed by atoms with Crippen molar-refractivity contribution >= 4 is 29.3 Å². The first-order valence-electron chi connectivity index (χ1n) is 9.17. The summed E-state index contributed by atoms with van der Waals surface area (Å²) in [5, 5.41) is 1.27. The fourth-order valence-electron chi connectivity index (χ4n) is 2.79. The molecule has 0 fully saturated rings. The lowest BCUT2D eigenvalue weighted by Crippen LogP contribution is -2.25. The molecule has 8 heteroatoms. The average Bonchev–Trinajstić information content (AvgIpc) is 3.09. The van der Waals surface area contributed by atoms with Crippen molar-refractivity contribution < 1.29 is 14.3 Å². The Bertz CT molecular complexity index is 863. The quantitative estimate of drug-likeness (QED) is 0.293. The van der Waals surface area contributed by atoms with Gasteiger partial charge >= 0.3 is 5.97 Å². The molecule has 1 aliphatic rings. The SMILES string of the molecule is Cc1cncc(Cl)c1CSc1nc2c(c(OCOC(=O)C(C)(C)C)n1)CCC2. The number of hydrogen-bond donors (Lipinski definition) is 0. The number of nitrogens with zero attached hydrogens (tertiary/aromatic N) is 3. The van der Waals surface area contributed by atoms with Gasteiger partial charge in [-0.2, -0.15) is 4.98 Å². The van der Waals surface area contributed by atoms with E-state index in [0.29, 0.717) is 21.8 Å². The number of esters is 1. The number of halogens is 1. The van der Waals surface area contributed by atoms with E-state index in [-0.39, 0.29) is 12.8 Å². The third-order valence-electron chi connectivity index (χ3n) is 4.44. The molecule has 0 spiro atoms. The zero-order chi connectivity index (χ0) is 20.3. The minimum absolute atomic E-state index is 0.154. The number of ether oxygens (including phenoxy) is 2. The van der Waals surface area contributed by atoms with Crippen LogP contribution in [0.1, 0.15) is 49.6 Å². The summed E-state index contributed by atoms with van der Waals surface area (Å²) in [7, 11) is 0. The predicted octanol–water partition coefficient (Wildman–Crippen LogP) is 4.54. The van der Waals surface area contributed by atoms with E-state index < -0.39 is 5.41 Å². The minimum atomic E-state index is -0.570. The summed E-state index contributed by atoms with van der Waals surface area (Å²) in [5.74, 6) is 0.838. The van der Waals surface area contributed by atoms with Gasteiger partial charge in [-0.1, -0.05) is 23.4 Å². The summed E-state index contributed by atoms with van der Waals surface area (Å²) < 4.78 is 10.9. The largest absolute Gasteiger partial charge is 0.440 e. The molecule has 0 radical (unpaired) electrons. The second-order valence-corrected chi connectivity index (χ2v) is 9.09. The predicted molar refractivity (Wildman–Crippen MR) is 109 cm³/mol. The summed E-state index contributed by atoms with van der Waals surface area (Å²) in [6.07, 6.45) is 6.23. The normalized spacial score (nSPS) is 13.3. The van der Waals surface area contributed by atoms with Gasteiger partial charge in [0, 0.05) is 23.7 Å². The Hall–Kier alpha value is -1.86. The molecule has 0 amide bonds. The van der Waals surface area contributed by atoms with Gasteiger partial charge in [0.1, 0.15) is 0 Å². The molecule has 0 aliphatic heterocycles. The number of hydrogen-bond acceptors (Lipinski definition) is 7. The highest BCUT2D eigenvalue weighted by Gasteiger charge is 2.24. The Morgan fingerprint density at radius 3 is 2.75 bits per heavy atom. The molecular weight excluding hydrogens is 398 g/mol. The highest BCUT2D eigenvalue weighted by molar-refractivity contribution is 7.98. The number of thioether (sulfide) groups is 1. The van der Waals surface area contributed by atoms with E-state index in [4.69, 9.17) is 21.1 Å². The third-order valence-corrected chi connectivity index (χ3v) is 5.64. The molecule has 0 aromatic carbocycles. The summed E-state index contributed by atoms with van der Waals surface area (Å²) in [4.78, 5) is 25.2. The molecule has 0 unspecified atom stereocenters. The van der Waals surface area contributed by atoms with E-state index >= 15 is 0 Å². The van der Waals surface area contributed by atoms with Crippen molar-refractivity contribution in [2.75, 3.05) is 6.79 Å². The van der Waals surface area contributed by atoms with E-state index in [1.54, 1.807) is 33.2 Å². The lowest BCUT2D eigenvalue weighted by atomic mass is 9.98. The van der Waals surface area contributed by atoms with Gasteiger partial charge in [-0.3, -0.25) is 9.78 Å². The number of carbonyl (C=O) groups excluding carboxylic acids is 1. The number of rotatable bonds is 6. The Balaban J connectivity index is 1.71. The van der Waals surface area contributed by atoms with Crippen LogP contribution in [0.3, 0.4) is 0 Å². The third kappa shape index (κ3) is 4.94. The summed E-state index contributed by atoms with van der Waals surface area (Å²) in [5.41, 5.74) is 3.50. The molecular formula is C20H24ClN3O3S. The zero-order valence-corrected chi connectivity index (χ0v) is 18.1. The molecule has 2 aromatic rings. The van der Waals surface area contributed by atoms with Crippen molar-refractivity contribution in [3.05, 3.63) is 39.8 Å². The van der Waals surface area contributed by atoms with E-state index in [1.165, 1.54) is 11.8 Å². The van der Waals surface area contributed by atoms with Crippen LogP contribution in [0.25, 0.3) is 0 Å². The van der Waals surface area contributed by atoms with E-state index in [9.17, 15) is 4.79 Å². The maximum atomic E-state index is 11.9. The number of aryl methyl sites for hydroxylation is 2. The van der Waals surface area contributed by atoms with Crippen LogP contribution in [-0.2, 0) is 28.1 Å². The van der Waals surface area contributed by atoms with Gasteiger partial charge in [-0.05, 0) is 58.1 Å². The first-order chi connectivity index (χ1) is 13.3. The van der Waals surface area contributed by atoms with E-state index in [0.717, 1.165) is 41.6 Å². The number of aromatic nitrogens is 3. The molecule has 0 saturated heterocycles. The first kappa shape index (κ1) is 20.9. The topological polar surface area (TPSA) is 74.2 Å². The standard InChI is InChI=1S/C20H24ClN3O3S/c1-12-8-22-9-15(21)14(12)10-28-19-23-16-7-5-6-13(16)17(24-19)26-11-27-18(25)20(2,3)4/h8-9H,5-7,10-11H2,1-4H3. The van der Waals surface area contributed by atoms with Gasteiger partial charge in [0.2, 0.25) is 12.7 Å². The van der Waals surface area contributed by atoms with Gasteiger partial charge in [0.05, 0.1) is 16.1 Å². The summed E-state index contributed by atoms with van der Waals surface area (Å²) in [6.45, 7) is 7.24. The molecule has 150 valence electrons. The average molecular weight is 422 g/mol. The number of fused-ring (bicyclic) bond motifs is 1. The molecule has 0 atom stereocenters. The zero-order valence-electron chi connectivity index (χ0n) is 16.5. The van der Waals surface area contributed by atoms with Crippen molar-refractivity contribution in [2.45, 2.75) is 57.9 Å². The Morgan fingerprint density at radius 1 is 1.25 bits per heavy atom. The number of carbonyl (C=O) groups is 1.